The molecule has 3 aromatic carbocycles. The average molecular weight is 511 g/mol. The number of fused-ring (bicyclic) bond motifs is 2. The summed E-state index contributed by atoms with van der Waals surface area (Å²) >= 11 is 1.64. The minimum Gasteiger partial charge on any atom is -0.376 e. The van der Waals surface area contributed by atoms with Crippen LogP contribution in [0.2, 0.25) is 0 Å². The first-order valence-electron chi connectivity index (χ1n) is 12.8. The second kappa shape index (κ2) is 10.4. The van der Waals surface area contributed by atoms with Gasteiger partial charge in [-0.3, -0.25) is 4.40 Å². The molecular formula is C30H30N4O2S. The number of anilines is 1. The molecule has 1 N–H and O–H groups in total. The van der Waals surface area contributed by atoms with E-state index in [9.17, 15) is 4.79 Å². The van der Waals surface area contributed by atoms with E-state index in [0.29, 0.717) is 13.1 Å². The number of amides is 2. The normalized spacial score (nSPS) is 15.4. The van der Waals surface area contributed by atoms with Gasteiger partial charge in [0.1, 0.15) is 0 Å². The van der Waals surface area contributed by atoms with E-state index in [4.69, 9.17) is 9.72 Å². The number of hydrogen-bond acceptors (Lipinski definition) is 4. The van der Waals surface area contributed by atoms with Crippen LogP contribution in [0.3, 0.4) is 0 Å². The van der Waals surface area contributed by atoms with Crippen LogP contribution in [-0.4, -0.2) is 46.1 Å². The van der Waals surface area contributed by atoms with Crippen molar-refractivity contribution in [2.45, 2.75) is 32.3 Å². The Hall–Kier alpha value is -3.68. The SMILES string of the molecule is Cc1ccc(-c2cn3c(CCN(CC4CCCO4)C(=O)Nc4cccc5ccccc45)csc3n2)cc1. The monoisotopic (exact) mass is 510 g/mol. The molecule has 188 valence electrons. The average Bonchev–Trinajstić information content (AvgIpc) is 3.66. The highest BCUT2D eigenvalue weighted by Crippen LogP contribution is 2.26. The molecule has 0 aliphatic carbocycles. The summed E-state index contributed by atoms with van der Waals surface area (Å²) < 4.78 is 8.05. The summed E-state index contributed by atoms with van der Waals surface area (Å²) in [5, 5.41) is 7.46. The van der Waals surface area contributed by atoms with Crippen molar-refractivity contribution in [1.29, 1.82) is 0 Å². The Kier molecular flexibility index (Phi) is 6.64. The molecule has 7 heteroatoms. The maximum Gasteiger partial charge on any atom is 0.321 e. The van der Waals surface area contributed by atoms with Gasteiger partial charge in [0.05, 0.1) is 17.5 Å². The second-order valence-electron chi connectivity index (χ2n) is 9.66. The Morgan fingerprint density at radius 2 is 1.97 bits per heavy atom. The number of benzene rings is 3. The number of urea groups is 1. The molecule has 2 amide bonds. The van der Waals surface area contributed by atoms with Crippen LogP contribution in [0.5, 0.6) is 0 Å². The molecule has 1 aliphatic rings. The van der Waals surface area contributed by atoms with E-state index in [-0.39, 0.29) is 12.1 Å². The lowest BCUT2D eigenvalue weighted by atomic mass is 10.1. The van der Waals surface area contributed by atoms with Crippen molar-refractivity contribution < 1.29 is 9.53 Å². The molecule has 2 aromatic heterocycles. The molecule has 0 bridgehead atoms. The summed E-state index contributed by atoms with van der Waals surface area (Å²) in [7, 11) is 0. The van der Waals surface area contributed by atoms with Gasteiger partial charge in [0.25, 0.3) is 0 Å². The molecule has 37 heavy (non-hydrogen) atoms. The summed E-state index contributed by atoms with van der Waals surface area (Å²) in [5.74, 6) is 0. The third kappa shape index (κ3) is 5.10. The highest BCUT2D eigenvalue weighted by molar-refractivity contribution is 7.15. The second-order valence-corrected chi connectivity index (χ2v) is 10.5. The zero-order valence-corrected chi connectivity index (χ0v) is 21.7. The summed E-state index contributed by atoms with van der Waals surface area (Å²) in [6, 6.07) is 22.5. The number of carbonyl (C=O) groups excluding carboxylic acids is 1. The largest absolute Gasteiger partial charge is 0.376 e. The molecule has 6 nitrogen and oxygen atoms in total. The fourth-order valence-electron chi connectivity index (χ4n) is 4.96. The van der Waals surface area contributed by atoms with Crippen LogP contribution < -0.4 is 5.32 Å². The van der Waals surface area contributed by atoms with Gasteiger partial charge in [-0.05, 0) is 31.2 Å². The summed E-state index contributed by atoms with van der Waals surface area (Å²) in [6.07, 6.45) is 4.96. The van der Waals surface area contributed by atoms with E-state index in [1.807, 2.05) is 35.2 Å². The van der Waals surface area contributed by atoms with Crippen LogP contribution in [0.4, 0.5) is 10.5 Å². The lowest BCUT2D eigenvalue weighted by molar-refractivity contribution is 0.0838. The van der Waals surface area contributed by atoms with Crippen molar-refractivity contribution in [3.05, 3.63) is 89.6 Å². The standard InChI is InChI=1S/C30H30N4O2S/c1-21-11-13-23(14-12-21)28-19-34-24(20-37-30(34)32-28)15-16-33(18-25-8-5-17-36-25)29(35)31-27-10-4-7-22-6-2-3-9-26(22)27/h2-4,6-7,9-14,19-20,25H,5,8,15-18H2,1H3,(H,31,35). The third-order valence-electron chi connectivity index (χ3n) is 7.04. The zero-order chi connectivity index (χ0) is 25.2. The van der Waals surface area contributed by atoms with Crippen molar-refractivity contribution >= 4 is 38.8 Å². The van der Waals surface area contributed by atoms with Crippen molar-refractivity contribution in [2.75, 3.05) is 25.0 Å². The number of nitrogens with one attached hydrogen (secondary N) is 1. The van der Waals surface area contributed by atoms with E-state index in [0.717, 1.165) is 64.2 Å². The molecule has 3 heterocycles. The Bertz CT molecular complexity index is 1530. The van der Waals surface area contributed by atoms with Crippen LogP contribution in [0.15, 0.2) is 78.3 Å². The minimum atomic E-state index is -0.0932. The van der Waals surface area contributed by atoms with Crippen LogP contribution in [-0.2, 0) is 11.2 Å². The van der Waals surface area contributed by atoms with Gasteiger partial charge in [0.15, 0.2) is 4.96 Å². The Morgan fingerprint density at radius 1 is 1.14 bits per heavy atom. The van der Waals surface area contributed by atoms with Gasteiger partial charge in [-0.2, -0.15) is 0 Å². The quantitative estimate of drug-likeness (QED) is 0.263. The first kappa shape index (κ1) is 23.7. The number of aromatic nitrogens is 2. The number of ether oxygens (including phenoxy) is 1. The fraction of sp³-hybridized carbons (Fsp3) is 0.267. The molecule has 1 aliphatic heterocycles. The molecule has 0 saturated carbocycles. The fourth-order valence-corrected chi connectivity index (χ4v) is 5.87. The summed E-state index contributed by atoms with van der Waals surface area (Å²) in [5.41, 5.74) is 5.30. The molecule has 0 spiro atoms. The Labute approximate surface area is 220 Å². The number of hydrogen-bond donors (Lipinski definition) is 1. The van der Waals surface area contributed by atoms with Crippen LogP contribution in [0.25, 0.3) is 27.0 Å². The summed E-state index contributed by atoms with van der Waals surface area (Å²) in [4.78, 5) is 21.2. The van der Waals surface area contributed by atoms with Gasteiger partial charge in [-0.15, -0.1) is 11.3 Å². The number of thiazole rings is 1. The van der Waals surface area contributed by atoms with E-state index < -0.39 is 0 Å². The maximum atomic E-state index is 13.5. The molecular weight excluding hydrogens is 480 g/mol. The van der Waals surface area contributed by atoms with E-state index in [1.54, 1.807) is 11.3 Å². The van der Waals surface area contributed by atoms with Crippen molar-refractivity contribution in [3.8, 4) is 11.3 Å². The molecule has 5 aromatic rings. The maximum absolute atomic E-state index is 13.5. The van der Waals surface area contributed by atoms with Gasteiger partial charge in [0, 0.05) is 54.3 Å². The highest BCUT2D eigenvalue weighted by atomic mass is 32.1. The van der Waals surface area contributed by atoms with Crippen molar-refractivity contribution in [2.24, 2.45) is 0 Å². The molecule has 0 radical (unpaired) electrons. The number of aryl methyl sites for hydroxylation is 1. The first-order valence-corrected chi connectivity index (χ1v) is 13.7. The minimum absolute atomic E-state index is 0.0853. The Morgan fingerprint density at radius 3 is 2.81 bits per heavy atom. The van der Waals surface area contributed by atoms with E-state index in [2.05, 4.69) is 64.6 Å². The number of nitrogens with zero attached hydrogens (tertiary/aromatic N) is 3. The molecule has 1 fully saturated rings. The van der Waals surface area contributed by atoms with E-state index in [1.165, 1.54) is 5.56 Å². The first-order chi connectivity index (χ1) is 18.1. The lowest BCUT2D eigenvalue weighted by Gasteiger charge is -2.26. The molecule has 1 unspecified atom stereocenters. The van der Waals surface area contributed by atoms with Gasteiger partial charge < -0.3 is 15.0 Å². The van der Waals surface area contributed by atoms with Crippen molar-refractivity contribution in [1.82, 2.24) is 14.3 Å². The highest BCUT2D eigenvalue weighted by Gasteiger charge is 2.23. The smallest absolute Gasteiger partial charge is 0.321 e. The van der Waals surface area contributed by atoms with Crippen LogP contribution in [0.1, 0.15) is 24.1 Å². The Balaban J connectivity index is 1.21. The van der Waals surface area contributed by atoms with E-state index >= 15 is 0 Å². The van der Waals surface area contributed by atoms with Crippen molar-refractivity contribution in [3.63, 3.8) is 0 Å². The molecule has 6 rings (SSSR count). The zero-order valence-electron chi connectivity index (χ0n) is 20.9. The van der Waals surface area contributed by atoms with Crippen LogP contribution in [0, 0.1) is 6.92 Å². The van der Waals surface area contributed by atoms with Gasteiger partial charge >= 0.3 is 6.03 Å². The summed E-state index contributed by atoms with van der Waals surface area (Å²) in [6.45, 7) is 4.04. The molecule has 1 atom stereocenters. The number of imidazole rings is 1. The predicted octanol–water partition coefficient (Wildman–Crippen LogP) is 6.78. The van der Waals surface area contributed by atoms with Gasteiger partial charge in [-0.25, -0.2) is 9.78 Å². The number of rotatable bonds is 7. The van der Waals surface area contributed by atoms with Crippen LogP contribution >= 0.6 is 11.3 Å². The third-order valence-corrected chi connectivity index (χ3v) is 7.92. The molecule has 1 saturated heterocycles. The van der Waals surface area contributed by atoms with Gasteiger partial charge in [0.2, 0.25) is 0 Å². The number of carbonyl (C=O) groups is 1. The predicted molar refractivity (Wildman–Crippen MR) is 150 cm³/mol. The lowest BCUT2D eigenvalue weighted by Crippen LogP contribution is -2.41. The topological polar surface area (TPSA) is 58.9 Å². The van der Waals surface area contributed by atoms with Gasteiger partial charge in [-0.1, -0.05) is 66.2 Å².